The Kier molecular flexibility index (Phi) is 3.60. The number of pyridine rings is 1. The van der Waals surface area contributed by atoms with Gasteiger partial charge in [0.05, 0.1) is 11.7 Å². The third kappa shape index (κ3) is 2.54. The van der Waals surface area contributed by atoms with E-state index < -0.39 is 0 Å². The summed E-state index contributed by atoms with van der Waals surface area (Å²) in [7, 11) is 0. The summed E-state index contributed by atoms with van der Waals surface area (Å²) >= 11 is 0. The minimum atomic E-state index is 0.365. The molecule has 0 aliphatic heterocycles. The van der Waals surface area contributed by atoms with Crippen LogP contribution in [0.5, 0.6) is 0 Å². The van der Waals surface area contributed by atoms with E-state index in [4.69, 9.17) is 0 Å². The second-order valence-corrected chi connectivity index (χ2v) is 5.20. The van der Waals surface area contributed by atoms with Crippen molar-refractivity contribution in [3.63, 3.8) is 0 Å². The first kappa shape index (κ1) is 12.4. The van der Waals surface area contributed by atoms with E-state index in [9.17, 15) is 0 Å². The van der Waals surface area contributed by atoms with Crippen LogP contribution in [0.2, 0.25) is 0 Å². The fourth-order valence-electron chi connectivity index (χ4n) is 2.99. The molecule has 0 amide bonds. The lowest BCUT2D eigenvalue weighted by atomic mass is 9.74. The number of aromatic nitrogens is 1. The first-order chi connectivity index (χ1) is 9.38. The highest BCUT2D eigenvalue weighted by molar-refractivity contribution is 5.40. The summed E-state index contributed by atoms with van der Waals surface area (Å²) in [6.45, 7) is 3.14. The zero-order valence-corrected chi connectivity index (χ0v) is 11.3. The van der Waals surface area contributed by atoms with Crippen LogP contribution in [0.25, 0.3) is 0 Å². The molecule has 1 aromatic heterocycles. The first-order valence-electron chi connectivity index (χ1n) is 7.10. The molecule has 1 aromatic carbocycles. The third-order valence-electron chi connectivity index (χ3n) is 3.98. The third-order valence-corrected chi connectivity index (χ3v) is 3.98. The first-order valence-corrected chi connectivity index (χ1v) is 7.10. The molecular weight excluding hydrogens is 232 g/mol. The van der Waals surface area contributed by atoms with Crippen LogP contribution in [-0.2, 0) is 6.42 Å². The standard InChI is InChI=1S/C17H20N2/c1-2-18-17(16-9-5-6-10-19-16)12-14-11-13-7-3-4-8-15(13)14/h3-10,14,17-18H,2,11-12H2,1H3. The highest BCUT2D eigenvalue weighted by atomic mass is 14.9. The number of nitrogens with one attached hydrogen (secondary N) is 1. The Labute approximate surface area is 114 Å². The van der Waals surface area contributed by atoms with Gasteiger partial charge in [0.1, 0.15) is 0 Å². The zero-order valence-electron chi connectivity index (χ0n) is 11.3. The quantitative estimate of drug-likeness (QED) is 0.881. The second kappa shape index (κ2) is 5.54. The molecular formula is C17H20N2. The second-order valence-electron chi connectivity index (χ2n) is 5.20. The van der Waals surface area contributed by atoms with E-state index in [1.165, 1.54) is 17.5 Å². The van der Waals surface area contributed by atoms with Gasteiger partial charge >= 0.3 is 0 Å². The lowest BCUT2D eigenvalue weighted by molar-refractivity contribution is 0.429. The molecule has 0 spiro atoms. The monoisotopic (exact) mass is 252 g/mol. The Morgan fingerprint density at radius 2 is 2.05 bits per heavy atom. The Bertz CT molecular complexity index is 536. The molecule has 1 aliphatic carbocycles. The molecule has 98 valence electrons. The van der Waals surface area contributed by atoms with Gasteiger partial charge in [0.25, 0.3) is 0 Å². The Morgan fingerprint density at radius 1 is 1.21 bits per heavy atom. The van der Waals surface area contributed by atoms with Gasteiger partial charge in [-0.05, 0) is 48.6 Å². The normalized spacial score (nSPS) is 18.5. The van der Waals surface area contributed by atoms with Crippen molar-refractivity contribution in [2.45, 2.75) is 31.7 Å². The molecule has 2 nitrogen and oxygen atoms in total. The molecule has 0 bridgehead atoms. The van der Waals surface area contributed by atoms with Crippen LogP contribution < -0.4 is 5.32 Å². The number of hydrogen-bond donors (Lipinski definition) is 1. The predicted molar refractivity (Wildman–Crippen MR) is 78.2 cm³/mol. The maximum absolute atomic E-state index is 4.50. The van der Waals surface area contributed by atoms with E-state index in [1.807, 2.05) is 12.3 Å². The molecule has 1 N–H and O–H groups in total. The summed E-state index contributed by atoms with van der Waals surface area (Å²) in [4.78, 5) is 4.50. The van der Waals surface area contributed by atoms with Gasteiger partial charge in [-0.15, -0.1) is 0 Å². The highest BCUT2D eigenvalue weighted by Crippen LogP contribution is 2.40. The van der Waals surface area contributed by atoms with Gasteiger partial charge < -0.3 is 5.32 Å². The molecule has 19 heavy (non-hydrogen) atoms. The van der Waals surface area contributed by atoms with Gasteiger partial charge in [0.2, 0.25) is 0 Å². The Morgan fingerprint density at radius 3 is 2.79 bits per heavy atom. The number of rotatable bonds is 5. The summed E-state index contributed by atoms with van der Waals surface area (Å²) in [5.41, 5.74) is 4.21. The average molecular weight is 252 g/mol. The molecule has 2 heteroatoms. The smallest absolute Gasteiger partial charge is 0.0573 e. The van der Waals surface area contributed by atoms with E-state index >= 15 is 0 Å². The zero-order chi connectivity index (χ0) is 13.1. The van der Waals surface area contributed by atoms with Crippen LogP contribution in [0, 0.1) is 0 Å². The van der Waals surface area contributed by atoms with Crippen LogP contribution in [0.3, 0.4) is 0 Å². The van der Waals surface area contributed by atoms with Crippen LogP contribution in [-0.4, -0.2) is 11.5 Å². The minimum Gasteiger partial charge on any atom is -0.309 e. The van der Waals surface area contributed by atoms with Crippen LogP contribution in [0.15, 0.2) is 48.7 Å². The van der Waals surface area contributed by atoms with Gasteiger partial charge in [-0.25, -0.2) is 0 Å². The number of fused-ring (bicyclic) bond motifs is 1. The molecule has 2 atom stereocenters. The number of hydrogen-bond acceptors (Lipinski definition) is 2. The number of nitrogens with zero attached hydrogens (tertiary/aromatic N) is 1. The Hall–Kier alpha value is -1.67. The van der Waals surface area contributed by atoms with Crippen molar-refractivity contribution in [3.8, 4) is 0 Å². The van der Waals surface area contributed by atoms with Crippen molar-refractivity contribution in [2.24, 2.45) is 0 Å². The summed E-state index contributed by atoms with van der Waals surface area (Å²) in [6, 6.07) is 15.3. The lowest BCUT2D eigenvalue weighted by Gasteiger charge is -2.33. The maximum atomic E-state index is 4.50. The van der Waals surface area contributed by atoms with Crippen LogP contribution in [0.4, 0.5) is 0 Å². The van der Waals surface area contributed by atoms with Crippen LogP contribution >= 0.6 is 0 Å². The molecule has 2 aromatic rings. The lowest BCUT2D eigenvalue weighted by Crippen LogP contribution is -2.27. The van der Waals surface area contributed by atoms with Gasteiger partial charge in [0.15, 0.2) is 0 Å². The van der Waals surface area contributed by atoms with Crippen molar-refractivity contribution >= 4 is 0 Å². The molecule has 0 radical (unpaired) electrons. The van der Waals surface area contributed by atoms with Crippen LogP contribution in [0.1, 0.15) is 42.1 Å². The molecule has 1 aliphatic rings. The van der Waals surface area contributed by atoms with E-state index in [-0.39, 0.29) is 0 Å². The molecule has 0 fully saturated rings. The minimum absolute atomic E-state index is 0.365. The van der Waals surface area contributed by atoms with Gasteiger partial charge in [-0.3, -0.25) is 4.98 Å². The van der Waals surface area contributed by atoms with E-state index in [2.05, 4.69) is 53.6 Å². The summed E-state index contributed by atoms with van der Waals surface area (Å²) in [6.07, 6.45) is 4.24. The fourth-order valence-corrected chi connectivity index (χ4v) is 2.99. The van der Waals surface area contributed by atoms with Gasteiger partial charge in [-0.2, -0.15) is 0 Å². The summed E-state index contributed by atoms with van der Waals surface area (Å²) in [5.74, 6) is 0.683. The largest absolute Gasteiger partial charge is 0.309 e. The SMILES string of the molecule is CCNC(CC1Cc2ccccc21)c1ccccn1. The molecule has 1 heterocycles. The maximum Gasteiger partial charge on any atom is 0.0573 e. The van der Waals surface area contributed by atoms with Crippen molar-refractivity contribution in [1.29, 1.82) is 0 Å². The molecule has 0 saturated heterocycles. The topological polar surface area (TPSA) is 24.9 Å². The molecule has 3 rings (SSSR count). The highest BCUT2D eigenvalue weighted by Gasteiger charge is 2.28. The van der Waals surface area contributed by atoms with E-state index in [1.54, 1.807) is 0 Å². The molecule has 2 unspecified atom stereocenters. The fraction of sp³-hybridized carbons (Fsp3) is 0.353. The Balaban J connectivity index is 1.74. The average Bonchev–Trinajstić information content (AvgIpc) is 2.44. The van der Waals surface area contributed by atoms with Crippen molar-refractivity contribution in [2.75, 3.05) is 6.54 Å². The van der Waals surface area contributed by atoms with Crippen molar-refractivity contribution in [3.05, 3.63) is 65.5 Å². The van der Waals surface area contributed by atoms with E-state index in [0.717, 1.165) is 18.7 Å². The van der Waals surface area contributed by atoms with Gasteiger partial charge in [0, 0.05) is 6.20 Å². The summed E-state index contributed by atoms with van der Waals surface area (Å²) < 4.78 is 0. The van der Waals surface area contributed by atoms with Crippen molar-refractivity contribution < 1.29 is 0 Å². The van der Waals surface area contributed by atoms with Crippen molar-refractivity contribution in [1.82, 2.24) is 10.3 Å². The van der Waals surface area contributed by atoms with Gasteiger partial charge in [-0.1, -0.05) is 37.3 Å². The predicted octanol–water partition coefficient (Wildman–Crippen LogP) is 3.46. The van der Waals surface area contributed by atoms with E-state index in [0.29, 0.717) is 12.0 Å². The molecule has 0 saturated carbocycles. The summed E-state index contributed by atoms with van der Waals surface area (Å²) in [5, 5.41) is 3.57. The number of benzene rings is 1.